The minimum Gasteiger partial charge on any atom is -0.192 e. The molecule has 2 aromatic rings. The van der Waals surface area contributed by atoms with Crippen LogP contribution in [0.5, 0.6) is 0 Å². The molecule has 0 aromatic heterocycles. The predicted octanol–water partition coefficient (Wildman–Crippen LogP) is 3.13. The topological polar surface area (TPSA) is 167 Å². The van der Waals surface area contributed by atoms with E-state index in [0.717, 1.165) is 18.2 Å². The Morgan fingerprint density at radius 3 is 1.47 bits per heavy atom. The lowest BCUT2D eigenvalue weighted by atomic mass is 9.86. The molecule has 0 saturated heterocycles. The molecule has 0 radical (unpaired) electrons. The van der Waals surface area contributed by atoms with E-state index in [1.165, 1.54) is 24.3 Å². The zero-order valence-electron chi connectivity index (χ0n) is 17.1. The third-order valence-electron chi connectivity index (χ3n) is 4.67. The fourth-order valence-corrected chi connectivity index (χ4v) is 3.25. The maximum Gasteiger partial charge on any atom is 0.418 e. The zero-order valence-corrected chi connectivity index (χ0v) is 17.1. The molecule has 0 heterocycles. The number of halogens is 6. The standard InChI is InChI=1S/C23H3F6N7/c24-22(25,26)19-3-13(6-32)20(21(18(19)10-36)23(27,28)29)17(9-35)16-2-11(4-30)15(1-12(16)5-31)14(7-33)8-34/h1-3H/b17-16+. The summed E-state index contributed by atoms with van der Waals surface area (Å²) in [6.07, 6.45) is -11.2. The van der Waals surface area contributed by atoms with Gasteiger partial charge in [-0.3, -0.25) is 0 Å². The van der Waals surface area contributed by atoms with Crippen LogP contribution >= 0.6 is 0 Å². The first-order valence-corrected chi connectivity index (χ1v) is 8.93. The maximum atomic E-state index is 14.0. The molecule has 172 valence electrons. The van der Waals surface area contributed by atoms with Crippen LogP contribution in [-0.2, 0) is 12.4 Å². The monoisotopic (exact) mass is 491 g/mol. The number of rotatable bonds is 1. The van der Waals surface area contributed by atoms with Crippen molar-refractivity contribution in [2.24, 2.45) is 0 Å². The molecule has 0 aliphatic heterocycles. The van der Waals surface area contributed by atoms with Gasteiger partial charge in [-0.1, -0.05) is 0 Å². The number of benzene rings is 2. The molecule has 0 atom stereocenters. The molecule has 13 heteroatoms. The van der Waals surface area contributed by atoms with E-state index >= 15 is 0 Å². The summed E-state index contributed by atoms with van der Waals surface area (Å²) in [5.74, 6) is 0. The van der Waals surface area contributed by atoms with Gasteiger partial charge in [-0.2, -0.15) is 63.2 Å². The van der Waals surface area contributed by atoms with Crippen molar-refractivity contribution in [3.63, 3.8) is 0 Å². The molecule has 36 heavy (non-hydrogen) atoms. The maximum absolute atomic E-state index is 14.0. The molecule has 0 spiro atoms. The summed E-state index contributed by atoms with van der Waals surface area (Å²) in [5.41, 5.74) is -11.9. The largest absolute Gasteiger partial charge is 0.418 e. The Morgan fingerprint density at radius 2 is 1.08 bits per heavy atom. The molecule has 0 amide bonds. The van der Waals surface area contributed by atoms with Crippen LogP contribution in [0, 0.1) is 79.3 Å². The van der Waals surface area contributed by atoms with Crippen LogP contribution in [0.25, 0.3) is 11.1 Å². The molecule has 2 rings (SSSR count). The van der Waals surface area contributed by atoms with Gasteiger partial charge in [-0.15, -0.1) is 0 Å². The van der Waals surface area contributed by atoms with Gasteiger partial charge >= 0.3 is 12.4 Å². The van der Waals surface area contributed by atoms with Gasteiger partial charge in [0.15, 0.2) is 0 Å². The van der Waals surface area contributed by atoms with Crippen LogP contribution < -0.4 is 10.4 Å². The number of alkyl halides is 6. The molecule has 0 saturated carbocycles. The van der Waals surface area contributed by atoms with E-state index in [1.807, 2.05) is 0 Å². The van der Waals surface area contributed by atoms with E-state index < -0.39 is 67.7 Å². The molecule has 0 aliphatic rings. The molecule has 0 aliphatic carbocycles. The Labute approximate surface area is 197 Å². The van der Waals surface area contributed by atoms with Crippen molar-refractivity contribution < 1.29 is 26.3 Å². The molecule has 0 fully saturated rings. The first kappa shape index (κ1) is 26.4. The van der Waals surface area contributed by atoms with E-state index in [2.05, 4.69) is 0 Å². The van der Waals surface area contributed by atoms with Crippen LogP contribution in [0.4, 0.5) is 26.3 Å². The van der Waals surface area contributed by atoms with Gasteiger partial charge in [0, 0.05) is 16.0 Å². The third kappa shape index (κ3) is 4.48. The normalized spacial score (nSPS) is 11.3. The minimum absolute atomic E-state index is 0.0245. The number of hydrogen-bond donors (Lipinski definition) is 0. The summed E-state index contributed by atoms with van der Waals surface area (Å²) >= 11 is 0. The third-order valence-corrected chi connectivity index (χ3v) is 4.67. The van der Waals surface area contributed by atoms with Crippen molar-refractivity contribution in [3.8, 4) is 42.5 Å². The smallest absolute Gasteiger partial charge is 0.192 e. The van der Waals surface area contributed by atoms with Crippen LogP contribution in [0.3, 0.4) is 0 Å². The van der Waals surface area contributed by atoms with Crippen LogP contribution in [0.15, 0.2) is 18.2 Å². The Hall–Kier alpha value is -5.81. The van der Waals surface area contributed by atoms with E-state index in [1.54, 1.807) is 6.07 Å². The van der Waals surface area contributed by atoms with Gasteiger partial charge in [-0.25, -0.2) is 0 Å². The second-order valence-corrected chi connectivity index (χ2v) is 6.57. The van der Waals surface area contributed by atoms with Gasteiger partial charge in [0.2, 0.25) is 0 Å². The van der Waals surface area contributed by atoms with Crippen molar-refractivity contribution >= 4 is 11.1 Å². The second kappa shape index (κ2) is 9.59. The lowest BCUT2D eigenvalue weighted by Gasteiger charge is -2.19. The Balaban J connectivity index is 3.45. The molecule has 2 aromatic carbocycles. The molecule has 0 bridgehead atoms. The predicted molar refractivity (Wildman–Crippen MR) is 104 cm³/mol. The van der Waals surface area contributed by atoms with Gasteiger partial charge in [0.25, 0.3) is 0 Å². The molecule has 7 nitrogen and oxygen atoms in total. The van der Waals surface area contributed by atoms with E-state index in [-0.39, 0.29) is 11.3 Å². The number of nitrogens with zero attached hydrogens (tertiary/aromatic N) is 7. The fourth-order valence-electron chi connectivity index (χ4n) is 3.25. The van der Waals surface area contributed by atoms with Crippen molar-refractivity contribution in [1.29, 1.82) is 36.8 Å². The summed E-state index contributed by atoms with van der Waals surface area (Å²) in [4.78, 5) is 0. The van der Waals surface area contributed by atoms with E-state index in [9.17, 15) is 52.7 Å². The SMILES string of the molecule is N#CC(C#N)=c1cc(C#N)/c(=C(\C#N)c2c(C#N)cc(C(F)(F)F)c(C#N)c2C(F)(F)F)cc1C#N. The highest BCUT2D eigenvalue weighted by Crippen LogP contribution is 2.44. The molecule has 0 N–H and O–H groups in total. The van der Waals surface area contributed by atoms with Crippen molar-refractivity contribution in [2.45, 2.75) is 12.4 Å². The molecular weight excluding hydrogens is 488 g/mol. The van der Waals surface area contributed by atoms with Crippen molar-refractivity contribution in [1.82, 2.24) is 0 Å². The minimum atomic E-state index is -5.68. The molecular formula is C23H3F6N7. The van der Waals surface area contributed by atoms with E-state index in [4.69, 9.17) is 10.5 Å². The lowest BCUT2D eigenvalue weighted by Crippen LogP contribution is -2.24. The number of hydrogen-bond acceptors (Lipinski definition) is 7. The summed E-state index contributed by atoms with van der Waals surface area (Å²) in [6.45, 7) is 0. The fraction of sp³-hybridized carbons (Fsp3) is 0.0870. The Kier molecular flexibility index (Phi) is 7.04. The van der Waals surface area contributed by atoms with E-state index in [0.29, 0.717) is 6.07 Å². The highest BCUT2D eigenvalue weighted by molar-refractivity contribution is 5.85. The van der Waals surface area contributed by atoms with Gasteiger partial charge in [0.1, 0.15) is 29.8 Å². The van der Waals surface area contributed by atoms with Crippen LogP contribution in [-0.4, -0.2) is 0 Å². The summed E-state index contributed by atoms with van der Waals surface area (Å²) < 4.78 is 82.4. The second-order valence-electron chi connectivity index (χ2n) is 6.57. The highest BCUT2D eigenvalue weighted by Gasteiger charge is 2.45. The summed E-state index contributed by atoms with van der Waals surface area (Å²) in [5, 5.41) is 64.2. The zero-order chi connectivity index (χ0) is 27.4. The van der Waals surface area contributed by atoms with Crippen molar-refractivity contribution in [3.05, 3.63) is 67.6 Å². The van der Waals surface area contributed by atoms with Crippen LogP contribution in [0.2, 0.25) is 0 Å². The Bertz CT molecular complexity index is 1720. The average molecular weight is 491 g/mol. The average Bonchev–Trinajstić information content (AvgIpc) is 2.83. The first-order valence-electron chi connectivity index (χ1n) is 8.93. The first-order chi connectivity index (χ1) is 16.8. The summed E-state index contributed by atoms with van der Waals surface area (Å²) in [7, 11) is 0. The molecule has 0 unspecified atom stereocenters. The van der Waals surface area contributed by atoms with Crippen LogP contribution in [0.1, 0.15) is 38.9 Å². The van der Waals surface area contributed by atoms with Gasteiger partial charge in [-0.05, 0) is 18.2 Å². The quantitative estimate of drug-likeness (QED) is 0.552. The van der Waals surface area contributed by atoms with Crippen molar-refractivity contribution in [2.75, 3.05) is 0 Å². The summed E-state index contributed by atoms with van der Waals surface area (Å²) in [6, 6.07) is 10.7. The Morgan fingerprint density at radius 1 is 0.583 bits per heavy atom. The lowest BCUT2D eigenvalue weighted by molar-refractivity contribution is -0.143. The number of nitriles is 7. The van der Waals surface area contributed by atoms with Gasteiger partial charge in [0.05, 0.1) is 57.2 Å². The highest BCUT2D eigenvalue weighted by atomic mass is 19.4. The van der Waals surface area contributed by atoms with Gasteiger partial charge < -0.3 is 0 Å².